The fourth-order valence-corrected chi connectivity index (χ4v) is 7.17. The normalized spacial score (nSPS) is 24.7. The number of ether oxygens (including phenoxy) is 5. The van der Waals surface area contributed by atoms with Gasteiger partial charge in [0.25, 0.3) is 0 Å². The van der Waals surface area contributed by atoms with Crippen LogP contribution in [0.15, 0.2) is 65.7 Å². The van der Waals surface area contributed by atoms with Gasteiger partial charge in [-0.3, -0.25) is 19.4 Å². The Kier molecular flexibility index (Phi) is 9.72. The molecule has 3 aromatic rings. The highest BCUT2D eigenvalue weighted by Crippen LogP contribution is 2.59. The van der Waals surface area contributed by atoms with Crippen LogP contribution in [-0.2, 0) is 44.5 Å². The van der Waals surface area contributed by atoms with Crippen molar-refractivity contribution in [2.45, 2.75) is 63.9 Å². The van der Waals surface area contributed by atoms with E-state index >= 15 is 0 Å². The number of carbonyl (C=O) groups is 4. The number of hydrogen-bond donors (Lipinski definition) is 1. The Morgan fingerprint density at radius 1 is 0.918 bits per heavy atom. The number of nitrogens with one attached hydrogen (secondary N) is 1. The summed E-state index contributed by atoms with van der Waals surface area (Å²) in [6.45, 7) is 5.78. The monoisotopic (exact) mass is 670 g/mol. The molecule has 2 fully saturated rings. The smallest absolute Gasteiger partial charge is 0.376 e. The molecule has 2 aromatic carbocycles. The number of aromatic nitrogens is 2. The molecule has 1 saturated heterocycles. The van der Waals surface area contributed by atoms with Crippen LogP contribution in [0, 0.1) is 11.8 Å². The van der Waals surface area contributed by atoms with Gasteiger partial charge >= 0.3 is 23.9 Å². The summed E-state index contributed by atoms with van der Waals surface area (Å²) < 4.78 is 28.6. The molecule has 1 aromatic heterocycles. The predicted molar refractivity (Wildman–Crippen MR) is 175 cm³/mol. The summed E-state index contributed by atoms with van der Waals surface area (Å²) in [5.74, 6) is -3.30. The molecule has 13 heteroatoms. The van der Waals surface area contributed by atoms with Crippen LogP contribution in [0.25, 0.3) is 0 Å². The van der Waals surface area contributed by atoms with Crippen LogP contribution in [0.5, 0.6) is 0 Å². The minimum Gasteiger partial charge on any atom is -0.463 e. The third kappa shape index (κ3) is 6.62. The molecule has 6 atom stereocenters. The summed E-state index contributed by atoms with van der Waals surface area (Å²) >= 11 is 0. The van der Waals surface area contributed by atoms with Crippen LogP contribution in [0.2, 0.25) is 0 Å². The molecule has 3 aliphatic rings. The van der Waals surface area contributed by atoms with E-state index in [4.69, 9.17) is 28.7 Å². The minimum atomic E-state index is -1.44. The van der Waals surface area contributed by atoms with Gasteiger partial charge in [-0.2, -0.15) is 0 Å². The third-order valence-electron chi connectivity index (χ3n) is 9.09. The molecule has 13 nitrogen and oxygen atoms in total. The first-order chi connectivity index (χ1) is 23.6. The number of fused-ring (bicyclic) bond motifs is 5. The maximum Gasteiger partial charge on any atom is 0.376 e. The first-order valence-corrected chi connectivity index (χ1v) is 16.2. The van der Waals surface area contributed by atoms with Crippen LogP contribution in [0.3, 0.4) is 0 Å². The van der Waals surface area contributed by atoms with Gasteiger partial charge in [-0.15, -0.1) is 0 Å². The van der Waals surface area contributed by atoms with Crippen LogP contribution < -0.4 is 5.32 Å². The van der Waals surface area contributed by atoms with Crippen molar-refractivity contribution in [3.05, 3.63) is 83.3 Å². The van der Waals surface area contributed by atoms with Crippen LogP contribution in [0.1, 0.15) is 61.1 Å². The van der Waals surface area contributed by atoms with E-state index in [1.54, 1.807) is 13.1 Å². The molecule has 49 heavy (non-hydrogen) atoms. The van der Waals surface area contributed by atoms with Crippen LogP contribution in [0.4, 0.5) is 11.5 Å². The summed E-state index contributed by atoms with van der Waals surface area (Å²) in [4.78, 5) is 63.7. The van der Waals surface area contributed by atoms with Crippen molar-refractivity contribution in [2.75, 3.05) is 25.1 Å². The molecule has 1 aliphatic carbocycles. The third-order valence-corrected chi connectivity index (χ3v) is 9.09. The summed E-state index contributed by atoms with van der Waals surface area (Å²) in [5.41, 5.74) is 1.56. The Bertz CT molecular complexity index is 1710. The van der Waals surface area contributed by atoms with E-state index < -0.39 is 59.6 Å². The zero-order valence-electron chi connectivity index (χ0n) is 27.7. The number of benzene rings is 2. The highest BCUT2D eigenvalue weighted by Gasteiger charge is 2.76. The molecule has 1 saturated carbocycles. The zero-order chi connectivity index (χ0) is 34.7. The SMILES string of the molecule is CCOC(=O)c1nc2c(c(NCC(c3ccccc3)c3ccccc3)n1)N=CC1C(C2)[C@@]2(OC(C)=O)[C@H](OC(C)=O)[C@@H](COC(C)=O)O[C@@H]12. The Morgan fingerprint density at radius 2 is 1.59 bits per heavy atom. The topological polar surface area (TPSA) is 165 Å². The molecule has 256 valence electrons. The van der Waals surface area contributed by atoms with Crippen molar-refractivity contribution in [1.82, 2.24) is 9.97 Å². The van der Waals surface area contributed by atoms with E-state index in [0.717, 1.165) is 11.1 Å². The van der Waals surface area contributed by atoms with E-state index in [1.165, 1.54) is 20.8 Å². The number of anilines is 1. The standard InChI is InChI=1S/C36H38N4O9/c1-5-45-35(44)34-39-28-16-27-26(31-36(27,49-22(4)43)32(47-21(3)42)29(48-31)19-46-20(2)41)18-37-30(28)33(40-34)38-17-25(23-12-8-6-9-13-23)24-14-10-7-11-15-24/h6-15,18,25-27,29,31-32H,5,16-17,19H2,1-4H3,(H,38,39,40)/t26?,27?,29-,31+,32-,36+/m1/s1. The van der Waals surface area contributed by atoms with Crippen molar-refractivity contribution in [2.24, 2.45) is 16.8 Å². The highest BCUT2D eigenvalue weighted by molar-refractivity contribution is 5.87. The van der Waals surface area contributed by atoms with Gasteiger partial charge in [0, 0.05) is 51.3 Å². The van der Waals surface area contributed by atoms with Crippen molar-refractivity contribution in [1.29, 1.82) is 0 Å². The number of carbonyl (C=O) groups excluding carboxylic acids is 4. The number of rotatable bonds is 11. The molecule has 3 heterocycles. The molecule has 0 spiro atoms. The molecule has 0 radical (unpaired) electrons. The average molecular weight is 671 g/mol. The molecule has 1 N–H and O–H groups in total. The minimum absolute atomic E-state index is 0.0661. The Labute approximate surface area is 283 Å². The van der Waals surface area contributed by atoms with Crippen molar-refractivity contribution in [3.63, 3.8) is 0 Å². The lowest BCUT2D eigenvalue weighted by atomic mass is 9.56. The van der Waals surface area contributed by atoms with Crippen LogP contribution >= 0.6 is 0 Å². The fraction of sp³-hybridized carbons (Fsp3) is 0.417. The second kappa shape index (κ2) is 14.1. The number of hydrogen-bond acceptors (Lipinski definition) is 13. The van der Waals surface area contributed by atoms with Gasteiger partial charge < -0.3 is 29.0 Å². The number of aliphatic imine (C=N–C) groups is 1. The van der Waals surface area contributed by atoms with Gasteiger partial charge in [-0.1, -0.05) is 60.7 Å². The highest BCUT2D eigenvalue weighted by atomic mass is 16.7. The second-order valence-corrected chi connectivity index (χ2v) is 12.2. The summed E-state index contributed by atoms with van der Waals surface area (Å²) in [6.07, 6.45) is -0.889. The number of nitrogens with zero attached hydrogens (tertiary/aromatic N) is 3. The largest absolute Gasteiger partial charge is 0.463 e. The van der Waals surface area contributed by atoms with Gasteiger partial charge in [0.1, 0.15) is 24.5 Å². The molecular weight excluding hydrogens is 632 g/mol. The van der Waals surface area contributed by atoms with Gasteiger partial charge in [0.15, 0.2) is 17.5 Å². The Hall–Kier alpha value is -5.17. The van der Waals surface area contributed by atoms with Gasteiger partial charge in [-0.05, 0) is 24.5 Å². The first kappa shape index (κ1) is 33.7. The lowest BCUT2D eigenvalue weighted by Gasteiger charge is -2.55. The lowest BCUT2D eigenvalue weighted by Crippen LogP contribution is -2.71. The average Bonchev–Trinajstić information content (AvgIpc) is 3.19. The molecule has 0 amide bonds. The van der Waals surface area contributed by atoms with Crippen LogP contribution in [-0.4, -0.2) is 83.7 Å². The summed E-state index contributed by atoms with van der Waals surface area (Å²) in [6, 6.07) is 20.1. The van der Waals surface area contributed by atoms with Gasteiger partial charge in [0.2, 0.25) is 5.82 Å². The molecular formula is C36H38N4O9. The second-order valence-electron chi connectivity index (χ2n) is 12.2. The maximum absolute atomic E-state index is 13.0. The van der Waals surface area contributed by atoms with E-state index in [2.05, 4.69) is 39.6 Å². The summed E-state index contributed by atoms with van der Waals surface area (Å²) in [5, 5.41) is 3.44. The Balaban J connectivity index is 1.39. The van der Waals surface area contributed by atoms with E-state index in [9.17, 15) is 19.2 Å². The van der Waals surface area contributed by atoms with Gasteiger partial charge in [0.05, 0.1) is 12.3 Å². The predicted octanol–water partition coefficient (Wildman–Crippen LogP) is 3.97. The van der Waals surface area contributed by atoms with E-state index in [0.29, 0.717) is 23.7 Å². The molecule has 0 bridgehead atoms. The van der Waals surface area contributed by atoms with Crippen molar-refractivity contribution < 1.29 is 42.9 Å². The van der Waals surface area contributed by atoms with Crippen molar-refractivity contribution >= 4 is 41.6 Å². The summed E-state index contributed by atoms with van der Waals surface area (Å²) in [7, 11) is 0. The lowest BCUT2D eigenvalue weighted by molar-refractivity contribution is -0.235. The van der Waals surface area contributed by atoms with Crippen molar-refractivity contribution in [3.8, 4) is 0 Å². The Morgan fingerprint density at radius 3 is 2.18 bits per heavy atom. The quantitative estimate of drug-likeness (QED) is 0.231. The van der Waals surface area contributed by atoms with Gasteiger partial charge in [-0.25, -0.2) is 14.8 Å². The van der Waals surface area contributed by atoms with E-state index in [1.807, 2.05) is 36.4 Å². The zero-order valence-corrected chi connectivity index (χ0v) is 27.7. The fourth-order valence-electron chi connectivity index (χ4n) is 7.17. The molecule has 2 aliphatic heterocycles. The molecule has 2 unspecified atom stereocenters. The van der Waals surface area contributed by atoms with E-state index in [-0.39, 0.29) is 31.4 Å². The maximum atomic E-state index is 13.0. The number of esters is 4. The first-order valence-electron chi connectivity index (χ1n) is 16.2. The molecule has 6 rings (SSSR count).